The van der Waals surface area contributed by atoms with Gasteiger partial charge in [-0.3, -0.25) is 14.9 Å². The number of carbonyl (C=O) groups excluding carboxylic acids is 1. The first-order valence-corrected chi connectivity index (χ1v) is 25.2. The Morgan fingerprint density at radius 1 is 1.01 bits per heavy atom. The Hall–Kier alpha value is -3.45. The molecule has 3 saturated heterocycles. The van der Waals surface area contributed by atoms with Crippen LogP contribution in [-0.4, -0.2) is 197 Å². The Bertz CT molecular complexity index is 2010. The fourth-order valence-electron chi connectivity index (χ4n) is 11.3. The number of non-ortho nitro benzene ring substituents is 1. The number of aromatic nitrogens is 3. The average molecular weight is 1010 g/mol. The van der Waals surface area contributed by atoms with Crippen molar-refractivity contribution in [1.82, 2.24) is 24.8 Å². The molecule has 2 aromatic rings. The second kappa shape index (κ2) is 24.3. The maximum absolute atomic E-state index is 14.6. The molecule has 404 valence electrons. The summed E-state index contributed by atoms with van der Waals surface area (Å²) >= 11 is 0. The van der Waals surface area contributed by atoms with E-state index in [1.54, 1.807) is 47.7 Å². The predicted molar refractivity (Wildman–Crippen MR) is 260 cm³/mol. The lowest BCUT2D eigenvalue weighted by Gasteiger charge is -2.51. The van der Waals surface area contributed by atoms with Crippen LogP contribution in [0, 0.1) is 33.8 Å². The molecule has 3 aliphatic rings. The van der Waals surface area contributed by atoms with Gasteiger partial charge in [0.15, 0.2) is 6.29 Å². The summed E-state index contributed by atoms with van der Waals surface area (Å²) in [6.45, 7) is 18.6. The van der Waals surface area contributed by atoms with E-state index in [-0.39, 0.29) is 50.1 Å². The molecule has 1 aromatic carbocycles. The van der Waals surface area contributed by atoms with Gasteiger partial charge in [-0.2, -0.15) is 0 Å². The van der Waals surface area contributed by atoms with Crippen molar-refractivity contribution >= 4 is 11.7 Å². The zero-order chi connectivity index (χ0) is 52.9. The first kappa shape index (κ1) is 58.4. The van der Waals surface area contributed by atoms with E-state index in [2.05, 4.69) is 10.3 Å². The molecule has 1 aromatic heterocycles. The molecule has 6 N–H and O–H groups in total. The molecule has 21 heteroatoms. The van der Waals surface area contributed by atoms with Crippen LogP contribution in [0.3, 0.4) is 0 Å². The summed E-state index contributed by atoms with van der Waals surface area (Å²) in [6, 6.07) is 4.53. The number of nitrogens with zero attached hydrogens (tertiary/aromatic N) is 6. The van der Waals surface area contributed by atoms with Gasteiger partial charge in [-0.05, 0) is 98.9 Å². The number of ether oxygens (including phenoxy) is 6. The Balaban J connectivity index is 1.39. The van der Waals surface area contributed by atoms with E-state index in [0.29, 0.717) is 37.4 Å². The smallest absolute Gasteiger partial charge is 0.309 e. The summed E-state index contributed by atoms with van der Waals surface area (Å²) in [5.41, 5.74) is -3.94. The van der Waals surface area contributed by atoms with Gasteiger partial charge in [0.2, 0.25) is 0 Å². The standard InChI is InChI=1S/C50H84N6O15/c1-14-40-50(10,63)43(59)32(6)54(12)24-28(2)22-48(8,62)45(30(4)41(31(5)46(61)70-40)39-23-49(9,66-13)44(60)33(7)69-39)71-47-42(58)38(21-29(3)68-47)53(11)20-19-34-25-55(52-51-34)26-36(57)27-67-37-17-15-35(16-18-37)56(64)65/h15-18,25,28-33,36,38-45,47,57-60,62-63H,14,19-24,26-27H2,1-13H3/t28-,29-,30+,31-,32-,33+,36-,38+,39?,40-,41+,42-,43-,44+,45-,47+,48-,49-,50-/m1/s1. The van der Waals surface area contributed by atoms with Gasteiger partial charge in [-0.15, -0.1) is 5.10 Å². The Kier molecular flexibility index (Phi) is 20.0. The van der Waals surface area contributed by atoms with Crippen LogP contribution in [0.1, 0.15) is 101 Å². The van der Waals surface area contributed by atoms with E-state index < -0.39 is 113 Å². The molecule has 0 bridgehead atoms. The number of cyclic esters (lactones) is 1. The Morgan fingerprint density at radius 2 is 1.68 bits per heavy atom. The Labute approximate surface area is 418 Å². The van der Waals surface area contributed by atoms with Crippen molar-refractivity contribution in [2.24, 2.45) is 23.7 Å². The van der Waals surface area contributed by atoms with Gasteiger partial charge >= 0.3 is 5.97 Å². The number of hydrogen-bond acceptors (Lipinski definition) is 19. The summed E-state index contributed by atoms with van der Waals surface area (Å²) in [6.07, 6.45) is -6.50. The maximum atomic E-state index is 14.6. The number of likely N-dealkylation sites (N-methyl/N-ethyl adjacent to an activating group) is 2. The number of aliphatic hydroxyl groups is 6. The molecule has 0 amide bonds. The van der Waals surface area contributed by atoms with Crippen molar-refractivity contribution in [3.8, 4) is 5.75 Å². The van der Waals surface area contributed by atoms with Crippen molar-refractivity contribution in [3.63, 3.8) is 0 Å². The molecular weight excluding hydrogens is 925 g/mol. The Morgan fingerprint density at radius 3 is 2.30 bits per heavy atom. The number of nitro groups is 1. The fraction of sp³-hybridized carbons (Fsp3) is 0.820. The normalized spacial score (nSPS) is 39.8. The molecule has 0 radical (unpaired) electrons. The van der Waals surface area contributed by atoms with Gasteiger partial charge in [0.05, 0.1) is 58.7 Å². The van der Waals surface area contributed by atoms with Crippen LogP contribution in [0.25, 0.3) is 0 Å². The van der Waals surface area contributed by atoms with Crippen LogP contribution in [0.2, 0.25) is 0 Å². The third kappa shape index (κ3) is 14.0. The highest BCUT2D eigenvalue weighted by Crippen LogP contribution is 2.45. The van der Waals surface area contributed by atoms with E-state index in [1.165, 1.54) is 43.0 Å². The lowest BCUT2D eigenvalue weighted by molar-refractivity contribution is -0.384. The second-order valence-electron chi connectivity index (χ2n) is 21.7. The highest BCUT2D eigenvalue weighted by atomic mass is 16.7. The summed E-state index contributed by atoms with van der Waals surface area (Å²) < 4.78 is 39.2. The molecule has 0 spiro atoms. The van der Waals surface area contributed by atoms with Crippen molar-refractivity contribution in [2.45, 2.75) is 198 Å². The van der Waals surface area contributed by atoms with Crippen molar-refractivity contribution in [2.75, 3.05) is 40.9 Å². The molecule has 19 atom stereocenters. The minimum Gasteiger partial charge on any atom is -0.491 e. The number of aliphatic hydroxyl groups excluding tert-OH is 4. The number of nitro benzene ring substituents is 1. The highest BCUT2D eigenvalue weighted by Gasteiger charge is 2.55. The van der Waals surface area contributed by atoms with E-state index >= 15 is 0 Å². The third-order valence-electron chi connectivity index (χ3n) is 15.7. The van der Waals surface area contributed by atoms with Gasteiger partial charge < -0.3 is 68.9 Å². The van der Waals surface area contributed by atoms with Crippen LogP contribution < -0.4 is 4.74 Å². The summed E-state index contributed by atoms with van der Waals surface area (Å²) in [5, 5.41) is 90.0. The molecule has 3 aliphatic heterocycles. The number of rotatable bonds is 15. The van der Waals surface area contributed by atoms with Gasteiger partial charge in [0.25, 0.3) is 5.69 Å². The zero-order valence-electron chi connectivity index (χ0n) is 44.0. The lowest BCUT2D eigenvalue weighted by Crippen LogP contribution is -2.62. The number of benzene rings is 1. The molecule has 3 fully saturated rings. The van der Waals surface area contributed by atoms with E-state index in [9.17, 15) is 45.5 Å². The minimum atomic E-state index is -1.83. The van der Waals surface area contributed by atoms with Gasteiger partial charge in [0.1, 0.15) is 48.5 Å². The van der Waals surface area contributed by atoms with E-state index in [0.717, 1.165) is 0 Å². The summed E-state index contributed by atoms with van der Waals surface area (Å²) in [4.78, 5) is 29.0. The molecule has 71 heavy (non-hydrogen) atoms. The quantitative estimate of drug-likeness (QED) is 0.0850. The van der Waals surface area contributed by atoms with E-state index in [4.69, 9.17) is 28.4 Å². The minimum absolute atomic E-state index is 0.0670. The molecule has 1 unspecified atom stereocenters. The van der Waals surface area contributed by atoms with Crippen molar-refractivity contribution in [3.05, 3.63) is 46.3 Å². The largest absolute Gasteiger partial charge is 0.491 e. The lowest BCUT2D eigenvalue weighted by atomic mass is 9.68. The number of esters is 1. The van der Waals surface area contributed by atoms with Crippen LogP contribution >= 0.6 is 0 Å². The van der Waals surface area contributed by atoms with Crippen LogP contribution in [-0.2, 0) is 41.4 Å². The molecule has 21 nitrogen and oxygen atoms in total. The fourth-order valence-corrected chi connectivity index (χ4v) is 11.3. The SMILES string of the molecule is CC[C@H]1OC(=O)[C@H](C)[C@@H](C2C[C@@](C)(OC)[C@@H](O)[C@H](C)O2)[C@H](C)[C@@H](O[C@@H]2O[C@H](C)C[C@H](N(C)CCc3cn(C[C@@H](O)COc4ccc([N+](=O)[O-])cc4)nn3)[C@H]2O)[C@](C)(O)C[C@@H](C)CN(C)[C@H](C)[C@@H](O)[C@]1(C)O. The molecule has 0 saturated carbocycles. The highest BCUT2D eigenvalue weighted by molar-refractivity contribution is 5.73. The average Bonchev–Trinajstić information content (AvgIpc) is 3.76. The molecular formula is C50H84N6O15. The van der Waals surface area contributed by atoms with Crippen LogP contribution in [0.15, 0.2) is 30.5 Å². The zero-order valence-corrected chi connectivity index (χ0v) is 44.0. The third-order valence-corrected chi connectivity index (χ3v) is 15.7. The number of methoxy groups -OCH3 is 1. The first-order chi connectivity index (χ1) is 33.1. The van der Waals surface area contributed by atoms with Gasteiger partial charge in [-0.25, -0.2) is 4.68 Å². The molecule has 4 heterocycles. The summed E-state index contributed by atoms with van der Waals surface area (Å²) in [5.74, 6) is -2.88. The number of hydrogen-bond donors (Lipinski definition) is 6. The van der Waals surface area contributed by atoms with E-state index in [1.807, 2.05) is 44.7 Å². The first-order valence-electron chi connectivity index (χ1n) is 25.2. The predicted octanol–water partition coefficient (Wildman–Crippen LogP) is 2.73. The van der Waals surface area contributed by atoms with Crippen molar-refractivity contribution in [1.29, 1.82) is 0 Å². The monoisotopic (exact) mass is 1010 g/mol. The second-order valence-corrected chi connectivity index (χ2v) is 21.7. The van der Waals surface area contributed by atoms with Gasteiger partial charge in [0, 0.05) is 69.4 Å². The van der Waals surface area contributed by atoms with Crippen molar-refractivity contribution < 1.29 is 68.8 Å². The van der Waals surface area contributed by atoms with Gasteiger partial charge in [-0.1, -0.05) is 32.9 Å². The topological polar surface area (TPSA) is 274 Å². The van der Waals surface area contributed by atoms with Crippen LogP contribution in [0.5, 0.6) is 5.75 Å². The molecule has 5 rings (SSSR count). The van der Waals surface area contributed by atoms with Crippen LogP contribution in [0.4, 0.5) is 5.69 Å². The summed E-state index contributed by atoms with van der Waals surface area (Å²) in [7, 11) is 5.24. The number of carbonyl (C=O) groups is 1. The maximum Gasteiger partial charge on any atom is 0.309 e. The molecule has 0 aliphatic carbocycles.